The third kappa shape index (κ3) is 3.01. The lowest BCUT2D eigenvalue weighted by molar-refractivity contribution is -0.118. The van der Waals surface area contributed by atoms with Gasteiger partial charge in [0.05, 0.1) is 0 Å². The lowest BCUT2D eigenvalue weighted by atomic mass is 10.2. The quantitative estimate of drug-likeness (QED) is 0.623. The fraction of sp³-hybridized carbons (Fsp3) is 0.100. The largest absolute Gasteiger partial charge is 0.326 e. The summed E-state index contributed by atoms with van der Waals surface area (Å²) in [7, 11) is 0. The SMILES string of the molecule is CC(=O)NC1=C/C=C\C=C/C=C\1. The van der Waals surface area contributed by atoms with Gasteiger partial charge >= 0.3 is 0 Å². The van der Waals surface area contributed by atoms with Crippen LogP contribution in [0.2, 0.25) is 0 Å². The van der Waals surface area contributed by atoms with E-state index in [4.69, 9.17) is 0 Å². The molecule has 1 amide bonds. The minimum absolute atomic E-state index is 0.0520. The Balaban J connectivity index is 2.69. The van der Waals surface area contributed by atoms with Gasteiger partial charge in [0.1, 0.15) is 0 Å². The van der Waals surface area contributed by atoms with Gasteiger partial charge in [-0.25, -0.2) is 0 Å². The Hall–Kier alpha value is -1.57. The summed E-state index contributed by atoms with van der Waals surface area (Å²) in [6.45, 7) is 1.49. The van der Waals surface area contributed by atoms with Gasteiger partial charge in [-0.15, -0.1) is 0 Å². The molecule has 0 aromatic heterocycles. The van der Waals surface area contributed by atoms with Gasteiger partial charge in [-0.3, -0.25) is 4.79 Å². The Labute approximate surface area is 72.0 Å². The van der Waals surface area contributed by atoms with E-state index in [9.17, 15) is 4.79 Å². The lowest BCUT2D eigenvalue weighted by Crippen LogP contribution is -2.17. The Bertz CT molecular complexity index is 282. The molecule has 0 bridgehead atoms. The van der Waals surface area contributed by atoms with Crippen LogP contribution in [0, 0.1) is 0 Å². The summed E-state index contributed by atoms with van der Waals surface area (Å²) in [5.41, 5.74) is 0.808. The van der Waals surface area contributed by atoms with Gasteiger partial charge in [-0.1, -0.05) is 30.4 Å². The van der Waals surface area contributed by atoms with Gasteiger partial charge in [-0.05, 0) is 12.2 Å². The number of allylic oxidation sites excluding steroid dienone is 7. The first-order chi connectivity index (χ1) is 5.79. The highest BCUT2D eigenvalue weighted by Gasteiger charge is 1.92. The summed E-state index contributed by atoms with van der Waals surface area (Å²) < 4.78 is 0. The number of amides is 1. The van der Waals surface area contributed by atoms with Gasteiger partial charge in [0.2, 0.25) is 5.91 Å². The van der Waals surface area contributed by atoms with E-state index in [0.717, 1.165) is 5.70 Å². The third-order valence-corrected chi connectivity index (χ3v) is 1.32. The van der Waals surface area contributed by atoms with Crippen molar-refractivity contribution in [3.8, 4) is 0 Å². The zero-order valence-electron chi connectivity index (χ0n) is 6.95. The first kappa shape index (κ1) is 8.53. The molecular weight excluding hydrogens is 150 g/mol. The summed E-state index contributed by atoms with van der Waals surface area (Å²) >= 11 is 0. The maximum Gasteiger partial charge on any atom is 0.221 e. The van der Waals surface area contributed by atoms with E-state index in [1.54, 1.807) is 0 Å². The second-order valence-corrected chi connectivity index (χ2v) is 2.43. The molecule has 0 spiro atoms. The average molecular weight is 161 g/mol. The molecule has 0 fully saturated rings. The lowest BCUT2D eigenvalue weighted by Gasteiger charge is -2.00. The van der Waals surface area contributed by atoms with Gasteiger partial charge in [-0.2, -0.15) is 0 Å². The van der Waals surface area contributed by atoms with E-state index in [1.807, 2.05) is 42.5 Å². The van der Waals surface area contributed by atoms with Crippen LogP contribution in [0.5, 0.6) is 0 Å². The molecule has 62 valence electrons. The Morgan fingerprint density at radius 1 is 1.17 bits per heavy atom. The maximum absolute atomic E-state index is 10.7. The van der Waals surface area contributed by atoms with Crippen molar-refractivity contribution in [2.75, 3.05) is 0 Å². The maximum atomic E-state index is 10.7. The molecule has 0 atom stereocenters. The van der Waals surface area contributed by atoms with E-state index < -0.39 is 0 Å². The van der Waals surface area contributed by atoms with Crippen molar-refractivity contribution in [1.82, 2.24) is 5.32 Å². The molecule has 1 N–H and O–H groups in total. The summed E-state index contributed by atoms with van der Waals surface area (Å²) in [5, 5.41) is 2.70. The molecule has 0 saturated carbocycles. The Morgan fingerprint density at radius 2 is 1.83 bits per heavy atom. The smallest absolute Gasteiger partial charge is 0.221 e. The van der Waals surface area contributed by atoms with Crippen LogP contribution in [0.25, 0.3) is 0 Å². The van der Waals surface area contributed by atoms with E-state index >= 15 is 0 Å². The number of carbonyl (C=O) groups excluding carboxylic acids is 1. The number of hydrogen-bond acceptors (Lipinski definition) is 1. The molecule has 1 aliphatic carbocycles. The van der Waals surface area contributed by atoms with Crippen LogP contribution < -0.4 is 5.32 Å². The zero-order chi connectivity index (χ0) is 8.81. The van der Waals surface area contributed by atoms with E-state index in [1.165, 1.54) is 6.92 Å². The molecule has 0 unspecified atom stereocenters. The Morgan fingerprint density at radius 3 is 2.58 bits per heavy atom. The number of hydrogen-bond donors (Lipinski definition) is 1. The molecule has 1 aliphatic rings. The van der Waals surface area contributed by atoms with Crippen molar-refractivity contribution in [2.24, 2.45) is 0 Å². The normalized spacial score (nSPS) is 27.2. The molecule has 0 saturated heterocycles. The van der Waals surface area contributed by atoms with Crippen molar-refractivity contribution >= 4 is 5.91 Å². The summed E-state index contributed by atoms with van der Waals surface area (Å²) in [4.78, 5) is 10.7. The van der Waals surface area contributed by atoms with Crippen LogP contribution in [0.3, 0.4) is 0 Å². The molecule has 2 heteroatoms. The van der Waals surface area contributed by atoms with E-state index in [2.05, 4.69) is 5.32 Å². The first-order valence-electron chi connectivity index (χ1n) is 3.78. The number of carbonyl (C=O) groups is 1. The predicted molar refractivity (Wildman–Crippen MR) is 49.3 cm³/mol. The summed E-state index contributed by atoms with van der Waals surface area (Å²) in [6.07, 6.45) is 13.2. The second kappa shape index (κ2) is 4.34. The minimum Gasteiger partial charge on any atom is -0.326 e. The van der Waals surface area contributed by atoms with Crippen molar-refractivity contribution in [3.63, 3.8) is 0 Å². The zero-order valence-corrected chi connectivity index (χ0v) is 6.95. The van der Waals surface area contributed by atoms with E-state index in [0.29, 0.717) is 0 Å². The van der Waals surface area contributed by atoms with Crippen LogP contribution in [0.1, 0.15) is 6.92 Å². The van der Waals surface area contributed by atoms with Crippen LogP contribution >= 0.6 is 0 Å². The van der Waals surface area contributed by atoms with Crippen molar-refractivity contribution in [2.45, 2.75) is 6.92 Å². The Kier molecular flexibility index (Phi) is 3.08. The fourth-order valence-corrected chi connectivity index (χ4v) is 0.853. The second-order valence-electron chi connectivity index (χ2n) is 2.43. The van der Waals surface area contributed by atoms with Crippen molar-refractivity contribution < 1.29 is 4.79 Å². The molecular formula is C10H11NO. The van der Waals surface area contributed by atoms with Gasteiger partial charge in [0.25, 0.3) is 0 Å². The molecule has 0 heterocycles. The topological polar surface area (TPSA) is 29.1 Å². The summed E-state index contributed by atoms with van der Waals surface area (Å²) in [6, 6.07) is 0. The molecule has 0 radical (unpaired) electrons. The molecule has 0 aliphatic heterocycles. The predicted octanol–water partition coefficient (Wildman–Crippen LogP) is 1.69. The van der Waals surface area contributed by atoms with Crippen molar-refractivity contribution in [3.05, 3.63) is 48.2 Å². The standard InChI is InChI=1S/C10H11NO/c1-9(12)11-10-7-5-3-2-4-6-8-10/h2-8H,1H3,(H,11,12)/b3-2-,4-2?,5-3?,6-4-,7-5-,8-6?,10-7?,10-8+. The van der Waals surface area contributed by atoms with Crippen LogP contribution in [0.15, 0.2) is 48.2 Å². The molecule has 12 heavy (non-hydrogen) atoms. The highest BCUT2D eigenvalue weighted by molar-refractivity contribution is 5.75. The van der Waals surface area contributed by atoms with Crippen LogP contribution in [-0.2, 0) is 4.79 Å². The monoisotopic (exact) mass is 161 g/mol. The van der Waals surface area contributed by atoms with Gasteiger partial charge < -0.3 is 5.32 Å². The fourth-order valence-electron chi connectivity index (χ4n) is 0.853. The third-order valence-electron chi connectivity index (χ3n) is 1.32. The first-order valence-corrected chi connectivity index (χ1v) is 3.78. The van der Waals surface area contributed by atoms with Crippen LogP contribution in [0.4, 0.5) is 0 Å². The van der Waals surface area contributed by atoms with Gasteiger partial charge in [0.15, 0.2) is 0 Å². The number of nitrogens with one attached hydrogen (secondary N) is 1. The highest BCUT2D eigenvalue weighted by atomic mass is 16.1. The number of rotatable bonds is 1. The molecule has 1 rings (SSSR count). The van der Waals surface area contributed by atoms with Crippen LogP contribution in [-0.4, -0.2) is 5.91 Å². The minimum atomic E-state index is -0.0520. The summed E-state index contributed by atoms with van der Waals surface area (Å²) in [5.74, 6) is -0.0520. The molecule has 0 aromatic rings. The molecule has 2 nitrogen and oxygen atoms in total. The molecule has 0 aromatic carbocycles. The van der Waals surface area contributed by atoms with E-state index in [-0.39, 0.29) is 5.91 Å². The van der Waals surface area contributed by atoms with Crippen molar-refractivity contribution in [1.29, 1.82) is 0 Å². The highest BCUT2D eigenvalue weighted by Crippen LogP contribution is 1.97. The van der Waals surface area contributed by atoms with Gasteiger partial charge in [0, 0.05) is 12.6 Å². The average Bonchev–Trinajstić information content (AvgIpc) is 1.93.